The highest BCUT2D eigenvalue weighted by molar-refractivity contribution is 6.33. The number of halogens is 2. The molecule has 0 aliphatic rings. The molecule has 7 nitrogen and oxygen atoms in total. The summed E-state index contributed by atoms with van der Waals surface area (Å²) in [5.41, 5.74) is 4.91. The molecule has 0 saturated heterocycles. The van der Waals surface area contributed by atoms with E-state index in [1.165, 1.54) is 6.07 Å². The largest absolute Gasteiger partial charge is 0.480 e. The molecular formula is C12H13ClFN3O4. The van der Waals surface area contributed by atoms with Gasteiger partial charge in [0.15, 0.2) is 0 Å². The number of carboxylic acids is 1. The molecule has 0 unspecified atom stereocenters. The summed E-state index contributed by atoms with van der Waals surface area (Å²) in [6.07, 6.45) is -0.354. The van der Waals surface area contributed by atoms with Crippen LogP contribution in [0, 0.1) is 5.82 Å². The lowest BCUT2D eigenvalue weighted by Gasteiger charge is -2.15. The van der Waals surface area contributed by atoms with Gasteiger partial charge < -0.3 is 21.5 Å². The predicted octanol–water partition coefficient (Wildman–Crippen LogP) is 1.32. The number of aliphatic carboxylic acids is 1. The first-order chi connectivity index (χ1) is 9.79. The third kappa shape index (κ3) is 5.65. The monoisotopic (exact) mass is 317 g/mol. The Morgan fingerprint density at radius 3 is 2.62 bits per heavy atom. The van der Waals surface area contributed by atoms with Gasteiger partial charge in [-0.15, -0.1) is 0 Å². The van der Waals surface area contributed by atoms with Crippen LogP contribution in [0.25, 0.3) is 0 Å². The van der Waals surface area contributed by atoms with Gasteiger partial charge in [-0.1, -0.05) is 11.6 Å². The molecule has 1 aromatic rings. The zero-order valence-electron chi connectivity index (χ0n) is 10.7. The summed E-state index contributed by atoms with van der Waals surface area (Å²) in [7, 11) is 0. The summed E-state index contributed by atoms with van der Waals surface area (Å²) < 4.78 is 13.0. The van der Waals surface area contributed by atoms with Gasteiger partial charge in [-0.3, -0.25) is 4.79 Å². The number of anilines is 1. The first-order valence-corrected chi connectivity index (χ1v) is 6.21. The minimum Gasteiger partial charge on any atom is -0.480 e. The summed E-state index contributed by atoms with van der Waals surface area (Å²) in [5, 5.41) is 13.4. The molecule has 0 aromatic heterocycles. The van der Waals surface area contributed by atoms with Crippen LogP contribution in [0.5, 0.6) is 0 Å². The van der Waals surface area contributed by atoms with Crippen molar-refractivity contribution in [3.05, 3.63) is 29.0 Å². The Labute approximate surface area is 124 Å². The van der Waals surface area contributed by atoms with Crippen LogP contribution in [0.15, 0.2) is 18.2 Å². The van der Waals surface area contributed by atoms with Crippen molar-refractivity contribution in [3.63, 3.8) is 0 Å². The number of hydrogen-bond acceptors (Lipinski definition) is 3. The van der Waals surface area contributed by atoms with Crippen molar-refractivity contribution >= 4 is 35.2 Å². The van der Waals surface area contributed by atoms with Gasteiger partial charge in [-0.05, 0) is 24.6 Å². The Morgan fingerprint density at radius 2 is 2.05 bits per heavy atom. The molecule has 0 aliphatic carbocycles. The molecule has 1 rings (SSSR count). The van der Waals surface area contributed by atoms with Gasteiger partial charge in [0.2, 0.25) is 5.91 Å². The molecular weight excluding hydrogens is 305 g/mol. The van der Waals surface area contributed by atoms with Crippen LogP contribution in [0.2, 0.25) is 5.02 Å². The molecule has 0 spiro atoms. The van der Waals surface area contributed by atoms with Crippen LogP contribution in [0.1, 0.15) is 12.8 Å². The normalized spacial score (nSPS) is 11.5. The average Bonchev–Trinajstić information content (AvgIpc) is 2.38. The fourth-order valence-corrected chi connectivity index (χ4v) is 1.62. The lowest BCUT2D eigenvalue weighted by molar-refractivity contribution is -0.139. The van der Waals surface area contributed by atoms with E-state index in [1.807, 2.05) is 0 Å². The van der Waals surface area contributed by atoms with Crippen LogP contribution in [0.4, 0.5) is 14.9 Å². The highest BCUT2D eigenvalue weighted by Gasteiger charge is 2.20. The summed E-state index contributed by atoms with van der Waals surface area (Å²) >= 11 is 5.76. The van der Waals surface area contributed by atoms with Crippen molar-refractivity contribution < 1.29 is 23.9 Å². The van der Waals surface area contributed by atoms with E-state index in [4.69, 9.17) is 22.4 Å². The molecule has 0 fully saturated rings. The van der Waals surface area contributed by atoms with Gasteiger partial charge in [0, 0.05) is 6.42 Å². The molecule has 5 N–H and O–H groups in total. The number of nitrogens with two attached hydrogens (primary N) is 1. The molecule has 0 bridgehead atoms. The minimum atomic E-state index is -1.32. The van der Waals surface area contributed by atoms with Gasteiger partial charge in [-0.25, -0.2) is 14.0 Å². The Bertz CT molecular complexity index is 567. The summed E-state index contributed by atoms with van der Waals surface area (Å²) in [6.45, 7) is 0. The molecule has 1 atom stereocenters. The molecule has 0 saturated carbocycles. The van der Waals surface area contributed by atoms with Crippen LogP contribution in [0.3, 0.4) is 0 Å². The van der Waals surface area contributed by atoms with Gasteiger partial charge in [-0.2, -0.15) is 0 Å². The maximum absolute atomic E-state index is 13.0. The van der Waals surface area contributed by atoms with Crippen molar-refractivity contribution in [1.29, 1.82) is 0 Å². The van der Waals surface area contributed by atoms with Crippen LogP contribution < -0.4 is 16.4 Å². The Kier molecular flexibility index (Phi) is 5.92. The SMILES string of the molecule is NC(=O)CC[C@@H](NC(=O)Nc1cc(F)ccc1Cl)C(=O)O. The zero-order valence-corrected chi connectivity index (χ0v) is 11.5. The number of rotatable bonds is 6. The number of carboxylic acid groups (broad SMARTS) is 1. The van der Waals surface area contributed by atoms with Crippen molar-refractivity contribution in [1.82, 2.24) is 5.32 Å². The van der Waals surface area contributed by atoms with E-state index >= 15 is 0 Å². The third-order valence-corrected chi connectivity index (χ3v) is 2.79. The first kappa shape index (κ1) is 16.7. The molecule has 0 aliphatic heterocycles. The smallest absolute Gasteiger partial charge is 0.326 e. The number of hydrogen-bond donors (Lipinski definition) is 4. The van der Waals surface area contributed by atoms with E-state index in [2.05, 4.69) is 10.6 Å². The number of nitrogens with one attached hydrogen (secondary N) is 2. The number of primary amides is 1. The summed E-state index contributed by atoms with van der Waals surface area (Å²) in [6, 6.07) is 1.15. The van der Waals surface area contributed by atoms with Gasteiger partial charge in [0.1, 0.15) is 11.9 Å². The molecule has 0 heterocycles. The lowest BCUT2D eigenvalue weighted by Crippen LogP contribution is -2.43. The zero-order chi connectivity index (χ0) is 16.0. The maximum atomic E-state index is 13.0. The van der Waals surface area contributed by atoms with Gasteiger partial charge in [0.25, 0.3) is 0 Å². The number of urea groups is 1. The third-order valence-electron chi connectivity index (χ3n) is 2.46. The number of carbonyl (C=O) groups excluding carboxylic acids is 2. The van der Waals surface area contributed by atoms with Gasteiger partial charge in [0.05, 0.1) is 10.7 Å². The van der Waals surface area contributed by atoms with Crippen molar-refractivity contribution in [2.45, 2.75) is 18.9 Å². The van der Waals surface area contributed by atoms with E-state index in [0.29, 0.717) is 0 Å². The van der Waals surface area contributed by atoms with E-state index in [-0.39, 0.29) is 23.6 Å². The van der Waals surface area contributed by atoms with Crippen LogP contribution in [-0.2, 0) is 9.59 Å². The highest BCUT2D eigenvalue weighted by Crippen LogP contribution is 2.22. The number of amides is 3. The minimum absolute atomic E-state index is 0.00629. The topological polar surface area (TPSA) is 122 Å². The lowest BCUT2D eigenvalue weighted by atomic mass is 10.1. The second-order valence-electron chi connectivity index (χ2n) is 4.12. The molecule has 21 heavy (non-hydrogen) atoms. The van der Waals surface area contributed by atoms with Crippen molar-refractivity contribution in [3.8, 4) is 0 Å². The number of benzene rings is 1. The molecule has 0 radical (unpaired) electrons. The van der Waals surface area contributed by atoms with E-state index in [1.54, 1.807) is 0 Å². The second-order valence-corrected chi connectivity index (χ2v) is 4.53. The summed E-state index contributed by atoms with van der Waals surface area (Å²) in [5.74, 6) is -2.62. The van der Waals surface area contributed by atoms with Crippen LogP contribution >= 0.6 is 11.6 Å². The van der Waals surface area contributed by atoms with E-state index in [9.17, 15) is 18.8 Å². The van der Waals surface area contributed by atoms with Crippen molar-refractivity contribution in [2.75, 3.05) is 5.32 Å². The Morgan fingerprint density at radius 1 is 1.38 bits per heavy atom. The second kappa shape index (κ2) is 7.44. The molecule has 9 heteroatoms. The molecule has 3 amide bonds. The fraction of sp³-hybridized carbons (Fsp3) is 0.250. The summed E-state index contributed by atoms with van der Waals surface area (Å²) in [4.78, 5) is 33.2. The Hall–Kier alpha value is -2.35. The van der Waals surface area contributed by atoms with Gasteiger partial charge >= 0.3 is 12.0 Å². The van der Waals surface area contributed by atoms with E-state index < -0.39 is 29.8 Å². The predicted molar refractivity (Wildman–Crippen MR) is 73.4 cm³/mol. The molecule has 114 valence electrons. The van der Waals surface area contributed by atoms with Crippen molar-refractivity contribution in [2.24, 2.45) is 5.73 Å². The quantitative estimate of drug-likeness (QED) is 0.632. The standard InChI is InChI=1S/C12H13ClFN3O4/c13-7-2-1-6(14)5-9(7)17-12(21)16-8(11(19)20)3-4-10(15)18/h1-2,5,8H,3-4H2,(H2,15,18)(H,19,20)(H2,16,17,21)/t8-/m1/s1. The highest BCUT2D eigenvalue weighted by atomic mass is 35.5. The molecule has 1 aromatic carbocycles. The average molecular weight is 318 g/mol. The maximum Gasteiger partial charge on any atom is 0.326 e. The fourth-order valence-electron chi connectivity index (χ4n) is 1.45. The Balaban J connectivity index is 2.67. The first-order valence-electron chi connectivity index (χ1n) is 5.83. The van der Waals surface area contributed by atoms with Crippen LogP contribution in [-0.4, -0.2) is 29.1 Å². The van der Waals surface area contributed by atoms with E-state index in [0.717, 1.165) is 12.1 Å². The number of carbonyl (C=O) groups is 3.